The van der Waals surface area contributed by atoms with E-state index < -0.39 is 0 Å². The second-order valence-corrected chi connectivity index (χ2v) is 5.24. The third-order valence-electron chi connectivity index (χ3n) is 4.09. The molecule has 14 heavy (non-hydrogen) atoms. The Hall–Kier alpha value is -0.260. The van der Waals surface area contributed by atoms with Crippen molar-refractivity contribution in [1.29, 1.82) is 0 Å². The second-order valence-electron chi connectivity index (χ2n) is 5.24. The van der Waals surface area contributed by atoms with Gasteiger partial charge in [-0.3, -0.25) is 0 Å². The first-order chi connectivity index (χ1) is 6.90. The van der Waals surface area contributed by atoms with Crippen LogP contribution >= 0.6 is 0 Å². The highest BCUT2D eigenvalue weighted by Gasteiger charge is 2.34. The molecule has 0 aromatic heterocycles. The van der Waals surface area contributed by atoms with Crippen molar-refractivity contribution in [3.05, 3.63) is 12.2 Å². The predicted molar refractivity (Wildman–Crippen MR) is 62.2 cm³/mol. The second kappa shape index (κ2) is 5.00. The van der Waals surface area contributed by atoms with Crippen LogP contribution in [-0.2, 0) is 0 Å². The van der Waals surface area contributed by atoms with Gasteiger partial charge in [0, 0.05) is 0 Å². The van der Waals surface area contributed by atoms with Crippen LogP contribution in [0.3, 0.4) is 0 Å². The molecule has 80 valence electrons. The lowest BCUT2D eigenvalue weighted by Gasteiger charge is -2.17. The molecule has 0 heteroatoms. The fourth-order valence-electron chi connectivity index (χ4n) is 3.24. The minimum absolute atomic E-state index is 0.973. The summed E-state index contributed by atoms with van der Waals surface area (Å²) in [6.07, 6.45) is 16.7. The van der Waals surface area contributed by atoms with Gasteiger partial charge in [0.05, 0.1) is 0 Å². The van der Waals surface area contributed by atoms with Crippen LogP contribution in [-0.4, -0.2) is 0 Å². The van der Waals surface area contributed by atoms with Crippen molar-refractivity contribution in [1.82, 2.24) is 0 Å². The Morgan fingerprint density at radius 2 is 1.86 bits per heavy atom. The molecule has 0 nitrogen and oxygen atoms in total. The summed E-state index contributed by atoms with van der Waals surface area (Å²) in [5.41, 5.74) is 0. The van der Waals surface area contributed by atoms with Gasteiger partial charge in [0.1, 0.15) is 0 Å². The maximum absolute atomic E-state index is 2.49. The van der Waals surface area contributed by atoms with E-state index in [0.717, 1.165) is 17.8 Å². The van der Waals surface area contributed by atoms with E-state index in [-0.39, 0.29) is 0 Å². The number of rotatable bonds is 6. The molecule has 0 aliphatic heterocycles. The van der Waals surface area contributed by atoms with Gasteiger partial charge < -0.3 is 0 Å². The fourth-order valence-corrected chi connectivity index (χ4v) is 3.24. The SMILES string of the molecule is CCCCCCC[C@H]1C[C@@H]2C=C[C@H]1C2. The summed E-state index contributed by atoms with van der Waals surface area (Å²) in [5, 5.41) is 0. The van der Waals surface area contributed by atoms with Crippen molar-refractivity contribution in [2.45, 2.75) is 58.3 Å². The zero-order valence-corrected chi connectivity index (χ0v) is 9.54. The average Bonchev–Trinajstić information content (AvgIpc) is 2.79. The zero-order valence-electron chi connectivity index (χ0n) is 9.54. The van der Waals surface area contributed by atoms with E-state index in [1.807, 2.05) is 0 Å². The number of hydrogen-bond acceptors (Lipinski definition) is 0. The van der Waals surface area contributed by atoms with Crippen molar-refractivity contribution < 1.29 is 0 Å². The summed E-state index contributed by atoms with van der Waals surface area (Å²) >= 11 is 0. The molecule has 0 aromatic rings. The van der Waals surface area contributed by atoms with Gasteiger partial charge in [-0.25, -0.2) is 0 Å². The number of unbranched alkanes of at least 4 members (excludes halogenated alkanes) is 4. The van der Waals surface area contributed by atoms with E-state index in [1.54, 1.807) is 0 Å². The zero-order chi connectivity index (χ0) is 9.80. The fraction of sp³-hybridized carbons (Fsp3) is 0.857. The Bertz CT molecular complexity index is 192. The van der Waals surface area contributed by atoms with Gasteiger partial charge in [-0.2, -0.15) is 0 Å². The summed E-state index contributed by atoms with van der Waals surface area (Å²) in [4.78, 5) is 0. The predicted octanol–water partition coefficient (Wildman–Crippen LogP) is 4.56. The lowest BCUT2D eigenvalue weighted by Crippen LogP contribution is -2.06. The van der Waals surface area contributed by atoms with Gasteiger partial charge in [0.2, 0.25) is 0 Å². The molecule has 0 heterocycles. The van der Waals surface area contributed by atoms with Crippen LogP contribution in [0.25, 0.3) is 0 Å². The first kappa shape index (κ1) is 10.3. The first-order valence-electron chi connectivity index (χ1n) is 6.58. The molecule has 2 aliphatic carbocycles. The highest BCUT2D eigenvalue weighted by Crippen LogP contribution is 2.45. The van der Waals surface area contributed by atoms with Crippen molar-refractivity contribution in [3.8, 4) is 0 Å². The Kier molecular flexibility index (Phi) is 3.67. The van der Waals surface area contributed by atoms with Crippen LogP contribution in [0.2, 0.25) is 0 Å². The summed E-state index contributed by atoms with van der Waals surface area (Å²) < 4.78 is 0. The summed E-state index contributed by atoms with van der Waals surface area (Å²) in [6, 6.07) is 0. The van der Waals surface area contributed by atoms with Crippen LogP contribution in [0.5, 0.6) is 0 Å². The van der Waals surface area contributed by atoms with Gasteiger partial charge in [0.25, 0.3) is 0 Å². The largest absolute Gasteiger partial charge is 0.0851 e. The molecular weight excluding hydrogens is 168 g/mol. The highest BCUT2D eigenvalue weighted by molar-refractivity contribution is 5.09. The first-order valence-corrected chi connectivity index (χ1v) is 6.58. The normalized spacial score (nSPS) is 34.2. The van der Waals surface area contributed by atoms with E-state index in [2.05, 4.69) is 19.1 Å². The van der Waals surface area contributed by atoms with Crippen molar-refractivity contribution >= 4 is 0 Å². The Morgan fingerprint density at radius 1 is 1.00 bits per heavy atom. The van der Waals surface area contributed by atoms with Crippen LogP contribution in [0.1, 0.15) is 58.3 Å². The Labute approximate surface area is 88.8 Å². The molecule has 0 N–H and O–H groups in total. The van der Waals surface area contributed by atoms with Crippen LogP contribution in [0.15, 0.2) is 12.2 Å². The summed E-state index contributed by atoms with van der Waals surface area (Å²) in [7, 11) is 0. The maximum Gasteiger partial charge on any atom is -0.0199 e. The van der Waals surface area contributed by atoms with E-state index in [9.17, 15) is 0 Å². The van der Waals surface area contributed by atoms with E-state index in [0.29, 0.717) is 0 Å². The van der Waals surface area contributed by atoms with Gasteiger partial charge in [0.15, 0.2) is 0 Å². The van der Waals surface area contributed by atoms with E-state index in [1.165, 1.54) is 51.4 Å². The average molecular weight is 192 g/mol. The Balaban J connectivity index is 1.56. The number of hydrogen-bond donors (Lipinski definition) is 0. The molecule has 2 aliphatic rings. The molecule has 3 atom stereocenters. The van der Waals surface area contributed by atoms with Crippen molar-refractivity contribution in [2.24, 2.45) is 17.8 Å². The molecule has 0 spiro atoms. The molecule has 0 unspecified atom stereocenters. The third-order valence-corrected chi connectivity index (χ3v) is 4.09. The van der Waals surface area contributed by atoms with Gasteiger partial charge in [-0.1, -0.05) is 51.2 Å². The molecule has 1 saturated carbocycles. The van der Waals surface area contributed by atoms with Gasteiger partial charge in [-0.05, 0) is 37.0 Å². The summed E-state index contributed by atoms with van der Waals surface area (Å²) in [5.74, 6) is 3.01. The number of fused-ring (bicyclic) bond motifs is 2. The van der Waals surface area contributed by atoms with E-state index in [4.69, 9.17) is 0 Å². The van der Waals surface area contributed by atoms with Crippen molar-refractivity contribution in [3.63, 3.8) is 0 Å². The highest BCUT2D eigenvalue weighted by atomic mass is 14.4. The molecule has 0 amide bonds. The molecule has 1 fully saturated rings. The molecular formula is C14H24. The Morgan fingerprint density at radius 3 is 2.50 bits per heavy atom. The van der Waals surface area contributed by atoms with Gasteiger partial charge >= 0.3 is 0 Å². The lowest BCUT2D eigenvalue weighted by atomic mass is 9.88. The molecule has 0 aromatic carbocycles. The molecule has 0 saturated heterocycles. The molecule has 2 bridgehead atoms. The maximum atomic E-state index is 2.49. The van der Waals surface area contributed by atoms with Gasteiger partial charge in [-0.15, -0.1) is 0 Å². The molecule has 0 radical (unpaired) electrons. The van der Waals surface area contributed by atoms with Crippen molar-refractivity contribution in [2.75, 3.05) is 0 Å². The molecule has 2 rings (SSSR count). The lowest BCUT2D eigenvalue weighted by molar-refractivity contribution is 0.394. The van der Waals surface area contributed by atoms with E-state index >= 15 is 0 Å². The van der Waals surface area contributed by atoms with Crippen LogP contribution < -0.4 is 0 Å². The van der Waals surface area contributed by atoms with Crippen LogP contribution in [0, 0.1) is 17.8 Å². The minimum Gasteiger partial charge on any atom is -0.0851 e. The number of allylic oxidation sites excluding steroid dienone is 2. The topological polar surface area (TPSA) is 0 Å². The summed E-state index contributed by atoms with van der Waals surface area (Å²) in [6.45, 7) is 2.29. The smallest absolute Gasteiger partial charge is 0.0199 e. The third kappa shape index (κ3) is 2.40. The quantitative estimate of drug-likeness (QED) is 0.427. The monoisotopic (exact) mass is 192 g/mol. The van der Waals surface area contributed by atoms with Crippen LogP contribution in [0.4, 0.5) is 0 Å². The minimum atomic E-state index is 0.973. The standard InChI is InChI=1S/C14H24/c1-2-3-4-5-6-7-13-10-12-8-9-14(13)11-12/h8-9,12-14H,2-7,10-11H2,1H3/t12-,13-,14-/m0/s1.